The number of nitro benzene ring substituents is 1. The monoisotopic (exact) mass is 777 g/mol. The van der Waals surface area contributed by atoms with Crippen LogP contribution in [0.5, 0.6) is 17.2 Å². The average molecular weight is 778 g/mol. The van der Waals surface area contributed by atoms with Crippen LogP contribution in [0.15, 0.2) is 60.7 Å². The summed E-state index contributed by atoms with van der Waals surface area (Å²) < 4.78 is 15.8. The number of nitrogens with zero attached hydrogens (tertiary/aromatic N) is 1. The first-order chi connectivity index (χ1) is 27.3. The van der Waals surface area contributed by atoms with Crippen molar-refractivity contribution in [2.75, 3.05) is 32.4 Å². The zero-order valence-electron chi connectivity index (χ0n) is 34.6. The summed E-state index contributed by atoms with van der Waals surface area (Å²) in [5, 5.41) is 13.9. The molecule has 0 atom stereocenters. The summed E-state index contributed by atoms with van der Waals surface area (Å²) in [4.78, 5) is 34.6. The minimum atomic E-state index is -0.453. The van der Waals surface area contributed by atoms with E-state index in [9.17, 15) is 19.7 Å². The second-order valence-electron chi connectivity index (χ2n) is 16.2. The van der Waals surface area contributed by atoms with Crippen molar-refractivity contribution in [1.82, 2.24) is 0 Å². The third kappa shape index (κ3) is 11.4. The number of ether oxygens (including phenoxy) is 3. The molecule has 1 amide bonds. The van der Waals surface area contributed by atoms with Gasteiger partial charge in [0.05, 0.1) is 37.6 Å². The van der Waals surface area contributed by atoms with E-state index in [0.29, 0.717) is 24.8 Å². The van der Waals surface area contributed by atoms with E-state index >= 15 is 0 Å². The van der Waals surface area contributed by atoms with Gasteiger partial charge in [-0.1, -0.05) is 45.7 Å². The summed E-state index contributed by atoms with van der Waals surface area (Å²) in [6.45, 7) is 6.51. The number of benzene rings is 4. The molecular weight excluding hydrogens is 719 g/mol. The van der Waals surface area contributed by atoms with Gasteiger partial charge in [0.25, 0.3) is 5.91 Å². The highest BCUT2D eigenvalue weighted by atomic mass is 16.6. The molecule has 304 valence electrons. The van der Waals surface area contributed by atoms with Gasteiger partial charge in [-0.05, 0) is 151 Å². The van der Waals surface area contributed by atoms with Crippen molar-refractivity contribution in [3.05, 3.63) is 115 Å². The zero-order valence-corrected chi connectivity index (χ0v) is 34.6. The number of amides is 1. The van der Waals surface area contributed by atoms with Gasteiger partial charge < -0.3 is 25.3 Å². The summed E-state index contributed by atoms with van der Waals surface area (Å²) in [6.07, 6.45) is 14.5. The lowest BCUT2D eigenvalue weighted by Crippen LogP contribution is -2.15. The predicted octanol–water partition coefficient (Wildman–Crippen LogP) is 10.1. The largest absolute Gasteiger partial charge is 0.495 e. The van der Waals surface area contributed by atoms with E-state index in [-0.39, 0.29) is 28.5 Å². The maximum atomic E-state index is 12.7. The normalized spacial score (nSPS) is 14.9. The molecule has 7 rings (SSSR count). The molecular formula is C47H59N3O7. The molecule has 0 fully saturated rings. The first-order valence-electron chi connectivity index (χ1n) is 20.2. The average Bonchev–Trinajstić information content (AvgIpc) is 3.65. The number of fused-ring (bicyclic) bond motifs is 3. The van der Waals surface area contributed by atoms with Crippen molar-refractivity contribution in [3.63, 3.8) is 0 Å². The third-order valence-electron chi connectivity index (χ3n) is 11.1. The van der Waals surface area contributed by atoms with Crippen molar-refractivity contribution in [2.24, 2.45) is 0 Å². The van der Waals surface area contributed by atoms with Crippen molar-refractivity contribution in [2.45, 2.75) is 116 Å². The van der Waals surface area contributed by atoms with Crippen LogP contribution in [0.1, 0.15) is 121 Å². The van der Waals surface area contributed by atoms with E-state index < -0.39 is 4.92 Å². The molecule has 3 N–H and O–H groups in total. The minimum absolute atomic E-state index is 0.0272. The molecule has 0 spiro atoms. The van der Waals surface area contributed by atoms with E-state index in [1.165, 1.54) is 92.4 Å². The molecule has 0 saturated carbocycles. The van der Waals surface area contributed by atoms with E-state index in [1.54, 1.807) is 20.3 Å². The molecule has 57 heavy (non-hydrogen) atoms. The van der Waals surface area contributed by atoms with Gasteiger partial charge >= 0.3 is 5.69 Å². The number of nitrogens with one attached hydrogen (secondary N) is 1. The first kappa shape index (κ1) is 42.8. The van der Waals surface area contributed by atoms with E-state index in [0.717, 1.165) is 53.3 Å². The number of Topliss-reactive ketones (excluding diaryl/α,β-unsaturated/α-hetero) is 1. The zero-order chi connectivity index (χ0) is 41.1. The van der Waals surface area contributed by atoms with Gasteiger partial charge in [-0.25, -0.2) is 0 Å². The third-order valence-corrected chi connectivity index (χ3v) is 11.1. The second-order valence-corrected chi connectivity index (χ2v) is 16.2. The Hall–Kier alpha value is -5.38. The molecule has 0 aromatic heterocycles. The number of nitrogen functional groups attached to an aromatic ring is 1. The number of carbonyl (C=O) groups excluding carboxylic acids is 2. The molecule has 10 heteroatoms. The number of aryl methyl sites for hydroxylation is 5. The Morgan fingerprint density at radius 1 is 0.649 bits per heavy atom. The topological polar surface area (TPSA) is 143 Å². The van der Waals surface area contributed by atoms with E-state index in [1.807, 2.05) is 24.3 Å². The fourth-order valence-electron chi connectivity index (χ4n) is 7.79. The Morgan fingerprint density at radius 2 is 1.14 bits per heavy atom. The highest BCUT2D eigenvalue weighted by Crippen LogP contribution is 2.35. The van der Waals surface area contributed by atoms with Crippen LogP contribution >= 0.6 is 0 Å². The number of hydrogen-bond donors (Lipinski definition) is 2. The van der Waals surface area contributed by atoms with E-state index in [4.69, 9.17) is 19.9 Å². The fraction of sp³-hybridized carbons (Fsp3) is 0.447. The number of anilines is 2. The smallest absolute Gasteiger partial charge is 0.311 e. The maximum absolute atomic E-state index is 12.7. The predicted molar refractivity (Wildman–Crippen MR) is 227 cm³/mol. The quantitative estimate of drug-likeness (QED) is 0.0853. The lowest BCUT2D eigenvalue weighted by atomic mass is 9.86. The number of ketones is 1. The van der Waals surface area contributed by atoms with Crippen molar-refractivity contribution in [1.29, 1.82) is 0 Å². The molecule has 0 heterocycles. The number of nitrogens with two attached hydrogens (primary N) is 1. The number of hydrogen-bond acceptors (Lipinski definition) is 8. The van der Waals surface area contributed by atoms with Crippen LogP contribution in [-0.4, -0.2) is 37.9 Å². The fourth-order valence-corrected chi connectivity index (χ4v) is 7.79. The Labute approximate surface area is 337 Å². The van der Waals surface area contributed by atoms with Crippen molar-refractivity contribution >= 4 is 28.8 Å². The van der Waals surface area contributed by atoms with Crippen molar-refractivity contribution in [3.8, 4) is 17.2 Å². The molecule has 0 unspecified atom stereocenters. The Morgan fingerprint density at radius 3 is 1.68 bits per heavy atom. The Bertz CT molecular complexity index is 2050. The molecule has 0 saturated heterocycles. The highest BCUT2D eigenvalue weighted by molar-refractivity contribution is 6.05. The molecule has 4 aromatic rings. The molecule has 0 aliphatic heterocycles. The molecule has 4 aromatic carbocycles. The first-order valence-corrected chi connectivity index (χ1v) is 20.2. The highest BCUT2D eigenvalue weighted by Gasteiger charge is 2.22. The summed E-state index contributed by atoms with van der Waals surface area (Å²) in [5.41, 5.74) is 16.6. The Balaban J connectivity index is 0.000000173. The summed E-state index contributed by atoms with van der Waals surface area (Å²) in [7, 11) is 4.73. The van der Waals surface area contributed by atoms with Crippen LogP contribution in [0.3, 0.4) is 0 Å². The maximum Gasteiger partial charge on any atom is 0.311 e. The van der Waals surface area contributed by atoms with E-state index in [2.05, 4.69) is 50.4 Å². The second kappa shape index (κ2) is 19.7. The van der Waals surface area contributed by atoms with Gasteiger partial charge in [0, 0.05) is 24.5 Å². The number of methoxy groups -OCH3 is 3. The summed E-state index contributed by atoms with van der Waals surface area (Å²) in [6, 6.07) is 19.4. The SMILES string of the molecule is COc1cc2c(cc1N)CCCCC2.COc1cc2c(cc1NC(=O)c1ccc(C(C)(C)C)cc1)CCCCC2.COc1cc2c(cc1[N+](=O)[O-])CCCC(=O)C2. The molecule has 3 aliphatic carbocycles. The standard InChI is InChI=1S/C23H29NO2.C12H13NO4.C12H17NO/c1-23(2,3)19-12-10-16(11-13-19)22(25)24-20-14-17-8-6-5-7-9-18(17)15-21(20)26-4;1-17-12-7-9-5-10(14)4-2-3-8(9)6-11(12)13(15)16;1-14-12-8-10-6-4-2-3-5-9(10)7-11(12)13/h10-15H,5-9H2,1-4H3,(H,24,25);6-7H,2-5H2,1H3;7-8H,2-6,13H2,1H3. The van der Waals surface area contributed by atoms with Gasteiger partial charge in [-0.15, -0.1) is 0 Å². The molecule has 10 nitrogen and oxygen atoms in total. The summed E-state index contributed by atoms with van der Waals surface area (Å²) in [5.74, 6) is 1.87. The lowest BCUT2D eigenvalue weighted by molar-refractivity contribution is -0.385. The van der Waals surface area contributed by atoms with Crippen LogP contribution in [-0.2, 0) is 48.7 Å². The number of nitro groups is 1. The number of rotatable bonds is 6. The summed E-state index contributed by atoms with van der Waals surface area (Å²) >= 11 is 0. The van der Waals surface area contributed by atoms with Gasteiger partial charge in [0.2, 0.25) is 0 Å². The van der Waals surface area contributed by atoms with Crippen LogP contribution in [0.4, 0.5) is 17.1 Å². The molecule has 0 radical (unpaired) electrons. The van der Waals surface area contributed by atoms with Gasteiger partial charge in [-0.2, -0.15) is 0 Å². The van der Waals surface area contributed by atoms with Crippen LogP contribution in [0, 0.1) is 10.1 Å². The molecule has 3 aliphatic rings. The van der Waals surface area contributed by atoms with Crippen molar-refractivity contribution < 1.29 is 28.7 Å². The van der Waals surface area contributed by atoms with Crippen LogP contribution in [0.25, 0.3) is 0 Å². The lowest BCUT2D eigenvalue weighted by Gasteiger charge is -2.19. The number of carbonyl (C=O) groups is 2. The molecule has 0 bridgehead atoms. The van der Waals surface area contributed by atoms with Gasteiger partial charge in [-0.3, -0.25) is 19.7 Å². The van der Waals surface area contributed by atoms with Crippen LogP contribution < -0.4 is 25.3 Å². The minimum Gasteiger partial charge on any atom is -0.495 e. The Kier molecular flexibility index (Phi) is 14.7. The van der Waals surface area contributed by atoms with Gasteiger partial charge in [0.15, 0.2) is 5.75 Å². The van der Waals surface area contributed by atoms with Gasteiger partial charge in [0.1, 0.15) is 17.3 Å². The van der Waals surface area contributed by atoms with Crippen LogP contribution in [0.2, 0.25) is 0 Å².